The van der Waals surface area contributed by atoms with Gasteiger partial charge in [-0.3, -0.25) is 9.59 Å². The van der Waals surface area contributed by atoms with Crippen LogP contribution in [0.15, 0.2) is 24.3 Å². The summed E-state index contributed by atoms with van der Waals surface area (Å²) in [6, 6.07) is 7.55. The van der Waals surface area contributed by atoms with Crippen molar-refractivity contribution in [3.05, 3.63) is 29.8 Å². The number of aryl methyl sites for hydroxylation is 1. The number of carbonyl (C=O) groups excluding carboxylic acids is 1. The van der Waals surface area contributed by atoms with Gasteiger partial charge < -0.3 is 10.4 Å². The molecule has 4 heteroatoms. The lowest BCUT2D eigenvalue weighted by Crippen LogP contribution is -2.38. The van der Waals surface area contributed by atoms with E-state index in [1.165, 1.54) is 0 Å². The van der Waals surface area contributed by atoms with Crippen molar-refractivity contribution in [1.82, 2.24) is 0 Å². The zero-order chi connectivity index (χ0) is 14.7. The molecule has 3 unspecified atom stereocenters. The van der Waals surface area contributed by atoms with Gasteiger partial charge in [-0.2, -0.15) is 0 Å². The van der Waals surface area contributed by atoms with Crippen LogP contribution >= 0.6 is 0 Å². The van der Waals surface area contributed by atoms with Crippen LogP contribution in [-0.2, 0) is 9.59 Å². The Bertz CT molecular complexity index is 512. The van der Waals surface area contributed by atoms with E-state index >= 15 is 0 Å². The third-order valence-electron chi connectivity index (χ3n) is 4.05. The molecule has 0 aromatic heterocycles. The topological polar surface area (TPSA) is 66.4 Å². The quantitative estimate of drug-likeness (QED) is 0.891. The van der Waals surface area contributed by atoms with E-state index in [2.05, 4.69) is 5.32 Å². The number of rotatable bonds is 3. The van der Waals surface area contributed by atoms with E-state index in [4.69, 9.17) is 0 Å². The monoisotopic (exact) mass is 275 g/mol. The smallest absolute Gasteiger partial charge is 0.307 e. The number of carboxylic acid groups (broad SMARTS) is 1. The average molecular weight is 275 g/mol. The maximum Gasteiger partial charge on any atom is 0.307 e. The van der Waals surface area contributed by atoms with Crippen molar-refractivity contribution in [1.29, 1.82) is 0 Å². The van der Waals surface area contributed by atoms with E-state index in [0.29, 0.717) is 18.8 Å². The van der Waals surface area contributed by atoms with Gasteiger partial charge in [0.25, 0.3) is 0 Å². The van der Waals surface area contributed by atoms with Gasteiger partial charge in [0.15, 0.2) is 0 Å². The first-order chi connectivity index (χ1) is 9.47. The normalized spacial score (nSPS) is 26.0. The molecule has 0 saturated heterocycles. The Morgan fingerprint density at radius 2 is 2.00 bits per heavy atom. The fourth-order valence-corrected chi connectivity index (χ4v) is 2.93. The summed E-state index contributed by atoms with van der Waals surface area (Å²) >= 11 is 0. The minimum atomic E-state index is -0.860. The van der Waals surface area contributed by atoms with Gasteiger partial charge in [-0.05, 0) is 49.8 Å². The summed E-state index contributed by atoms with van der Waals surface area (Å²) in [6.07, 6.45) is 2.15. The molecule has 1 amide bonds. The summed E-state index contributed by atoms with van der Waals surface area (Å²) < 4.78 is 0. The summed E-state index contributed by atoms with van der Waals surface area (Å²) in [5.41, 5.74) is 1.80. The van der Waals surface area contributed by atoms with Gasteiger partial charge in [-0.1, -0.05) is 19.1 Å². The molecule has 0 aliphatic heterocycles. The average Bonchev–Trinajstić information content (AvgIpc) is 2.38. The summed E-state index contributed by atoms with van der Waals surface area (Å²) in [5, 5.41) is 12.2. The van der Waals surface area contributed by atoms with Crippen molar-refractivity contribution in [2.24, 2.45) is 17.8 Å². The van der Waals surface area contributed by atoms with Gasteiger partial charge in [-0.15, -0.1) is 0 Å². The van der Waals surface area contributed by atoms with E-state index in [1.807, 2.05) is 38.1 Å². The zero-order valence-electron chi connectivity index (χ0n) is 11.9. The molecule has 1 aliphatic rings. The zero-order valence-corrected chi connectivity index (χ0v) is 11.9. The minimum absolute atomic E-state index is 0.171. The van der Waals surface area contributed by atoms with Gasteiger partial charge in [0.05, 0.1) is 11.8 Å². The number of anilines is 1. The Labute approximate surface area is 119 Å². The van der Waals surface area contributed by atoms with Crippen LogP contribution < -0.4 is 5.32 Å². The number of carboxylic acids is 1. The molecule has 4 nitrogen and oxygen atoms in total. The number of hydrogen-bond donors (Lipinski definition) is 2. The number of nitrogens with one attached hydrogen (secondary N) is 1. The summed E-state index contributed by atoms with van der Waals surface area (Å²) in [6.45, 7) is 4.00. The second-order valence-electron chi connectivity index (χ2n) is 5.83. The van der Waals surface area contributed by atoms with Crippen LogP contribution in [0, 0.1) is 24.7 Å². The fraction of sp³-hybridized carbons (Fsp3) is 0.500. The predicted octanol–water partition coefficient (Wildman–Crippen LogP) is 3.07. The lowest BCUT2D eigenvalue weighted by atomic mass is 9.74. The molecule has 1 saturated carbocycles. The van der Waals surface area contributed by atoms with Crippen LogP contribution in [0.25, 0.3) is 0 Å². The summed E-state index contributed by atoms with van der Waals surface area (Å²) in [7, 11) is 0. The van der Waals surface area contributed by atoms with Gasteiger partial charge in [0.2, 0.25) is 5.91 Å². The summed E-state index contributed by atoms with van der Waals surface area (Å²) in [5.74, 6) is -1.65. The molecule has 2 rings (SSSR count). The maximum atomic E-state index is 12.3. The Morgan fingerprint density at radius 1 is 1.25 bits per heavy atom. The second-order valence-corrected chi connectivity index (χ2v) is 5.83. The van der Waals surface area contributed by atoms with Crippen molar-refractivity contribution in [3.63, 3.8) is 0 Å². The van der Waals surface area contributed by atoms with Crippen molar-refractivity contribution in [2.45, 2.75) is 33.1 Å². The van der Waals surface area contributed by atoms with Crippen molar-refractivity contribution < 1.29 is 14.7 Å². The van der Waals surface area contributed by atoms with Crippen molar-refractivity contribution >= 4 is 17.6 Å². The van der Waals surface area contributed by atoms with Crippen LogP contribution in [0.2, 0.25) is 0 Å². The van der Waals surface area contributed by atoms with Crippen LogP contribution in [0.1, 0.15) is 31.7 Å². The van der Waals surface area contributed by atoms with E-state index in [-0.39, 0.29) is 5.91 Å². The summed E-state index contributed by atoms with van der Waals surface area (Å²) in [4.78, 5) is 23.7. The lowest BCUT2D eigenvalue weighted by Gasteiger charge is -2.31. The Morgan fingerprint density at radius 3 is 2.65 bits per heavy atom. The van der Waals surface area contributed by atoms with E-state index in [9.17, 15) is 14.7 Å². The van der Waals surface area contributed by atoms with E-state index < -0.39 is 17.8 Å². The molecule has 0 spiro atoms. The first kappa shape index (κ1) is 14.6. The minimum Gasteiger partial charge on any atom is -0.481 e. The number of amides is 1. The maximum absolute atomic E-state index is 12.3. The molecule has 108 valence electrons. The van der Waals surface area contributed by atoms with Crippen molar-refractivity contribution in [2.75, 3.05) is 5.32 Å². The standard InChI is InChI=1S/C16H21NO3/c1-10-4-3-5-12(8-10)17-15(18)13-7-6-11(2)9-14(13)16(19)20/h3-5,8,11,13-14H,6-7,9H2,1-2H3,(H,17,18)(H,19,20). The molecule has 1 aromatic carbocycles. The Kier molecular flexibility index (Phi) is 4.42. The molecule has 20 heavy (non-hydrogen) atoms. The van der Waals surface area contributed by atoms with Gasteiger partial charge in [0.1, 0.15) is 0 Å². The van der Waals surface area contributed by atoms with Crippen LogP contribution in [0.5, 0.6) is 0 Å². The highest BCUT2D eigenvalue weighted by molar-refractivity contribution is 5.95. The Balaban J connectivity index is 2.09. The molecular formula is C16H21NO3. The lowest BCUT2D eigenvalue weighted by molar-refractivity contribution is -0.148. The molecule has 0 bridgehead atoms. The molecule has 1 aliphatic carbocycles. The molecule has 1 aromatic rings. The predicted molar refractivity (Wildman–Crippen MR) is 77.4 cm³/mol. The third kappa shape index (κ3) is 3.38. The SMILES string of the molecule is Cc1cccc(NC(=O)C2CCC(C)CC2C(=O)O)c1. The molecule has 2 N–H and O–H groups in total. The first-order valence-electron chi connectivity index (χ1n) is 7.07. The van der Waals surface area contributed by atoms with E-state index in [1.54, 1.807) is 0 Å². The van der Waals surface area contributed by atoms with Crippen molar-refractivity contribution in [3.8, 4) is 0 Å². The molecule has 1 fully saturated rings. The Hall–Kier alpha value is -1.84. The fourth-order valence-electron chi connectivity index (χ4n) is 2.93. The van der Waals surface area contributed by atoms with Gasteiger partial charge >= 0.3 is 5.97 Å². The number of benzene rings is 1. The highest BCUT2D eigenvalue weighted by Gasteiger charge is 2.38. The van der Waals surface area contributed by atoms with E-state index in [0.717, 1.165) is 17.7 Å². The van der Waals surface area contributed by atoms with Gasteiger partial charge in [0, 0.05) is 5.69 Å². The van der Waals surface area contributed by atoms with Gasteiger partial charge in [-0.25, -0.2) is 0 Å². The highest BCUT2D eigenvalue weighted by atomic mass is 16.4. The number of hydrogen-bond acceptors (Lipinski definition) is 2. The van der Waals surface area contributed by atoms with Crippen LogP contribution in [0.4, 0.5) is 5.69 Å². The largest absolute Gasteiger partial charge is 0.481 e. The highest BCUT2D eigenvalue weighted by Crippen LogP contribution is 2.34. The molecular weight excluding hydrogens is 254 g/mol. The second kappa shape index (κ2) is 6.07. The first-order valence-corrected chi connectivity index (χ1v) is 7.07. The third-order valence-corrected chi connectivity index (χ3v) is 4.05. The molecule has 0 heterocycles. The van der Waals surface area contributed by atoms with Crippen LogP contribution in [0.3, 0.4) is 0 Å². The van der Waals surface area contributed by atoms with Crippen LogP contribution in [-0.4, -0.2) is 17.0 Å². The number of carbonyl (C=O) groups is 2. The number of aliphatic carboxylic acids is 1. The molecule has 3 atom stereocenters. The molecule has 0 radical (unpaired) electrons.